The van der Waals surface area contributed by atoms with Gasteiger partial charge >= 0.3 is 13.4 Å². The minimum atomic E-state index is -3.92. The number of amides is 1. The second kappa shape index (κ2) is 17.5. The lowest BCUT2D eigenvalue weighted by atomic mass is 10.1. The van der Waals surface area contributed by atoms with Gasteiger partial charge in [0.2, 0.25) is 11.9 Å². The van der Waals surface area contributed by atoms with Gasteiger partial charge in [-0.1, -0.05) is 34.6 Å². The minimum Gasteiger partial charge on any atom is -0.408 e. The van der Waals surface area contributed by atoms with Crippen molar-refractivity contribution in [2.24, 2.45) is 11.8 Å². The molecular weight excluding hydrogens is 837 g/mol. The molecule has 2 saturated heterocycles. The van der Waals surface area contributed by atoms with Crippen molar-refractivity contribution in [1.82, 2.24) is 29.5 Å². The summed E-state index contributed by atoms with van der Waals surface area (Å²) in [5.74, 6) is -0.594. The highest BCUT2D eigenvalue weighted by molar-refractivity contribution is 8.07. The van der Waals surface area contributed by atoms with Crippen LogP contribution in [0.15, 0.2) is 29.7 Å². The second-order valence-electron chi connectivity index (χ2n) is 15.9. The maximum atomic E-state index is 13.2. The smallest absolute Gasteiger partial charge is 0.327 e. The number of aromatic amines is 1. The van der Waals surface area contributed by atoms with Crippen LogP contribution in [0.5, 0.6) is 0 Å². The summed E-state index contributed by atoms with van der Waals surface area (Å²) < 4.78 is 47.0. The number of ether oxygens (including phenoxy) is 1. The number of H-pyrrole nitrogens is 1. The molecule has 312 valence electrons. The molecule has 5 heterocycles. The van der Waals surface area contributed by atoms with Crippen molar-refractivity contribution >= 4 is 74.2 Å². The van der Waals surface area contributed by atoms with Gasteiger partial charge in [0.1, 0.15) is 30.5 Å². The number of carbonyl (C=O) groups is 1. The molecule has 0 spiro atoms. The molecule has 4 N–H and O–H groups in total. The van der Waals surface area contributed by atoms with Crippen LogP contribution in [0.2, 0.25) is 18.1 Å². The van der Waals surface area contributed by atoms with Gasteiger partial charge in [-0.15, -0.1) is 0 Å². The lowest BCUT2D eigenvalue weighted by molar-refractivity contribution is -0.118. The largest absolute Gasteiger partial charge is 0.408 e. The van der Waals surface area contributed by atoms with Gasteiger partial charge in [0.15, 0.2) is 25.7 Å². The Kier molecular flexibility index (Phi) is 13.5. The number of fused-ring (bicyclic) bond motifs is 4. The Balaban J connectivity index is 1.42. The number of nitrogens with zero attached hydrogens (tertiary/aromatic N) is 6. The number of anilines is 2. The van der Waals surface area contributed by atoms with E-state index in [1.54, 1.807) is 26.1 Å². The molecule has 1 amide bonds. The third-order valence-electron chi connectivity index (χ3n) is 10.4. The number of hydrogen-bond donors (Lipinski definition) is 4. The Bertz CT molecular complexity index is 2120. The van der Waals surface area contributed by atoms with Gasteiger partial charge in [-0.05, 0) is 60.7 Å². The first-order valence-electron chi connectivity index (χ1n) is 18.5. The van der Waals surface area contributed by atoms with Gasteiger partial charge in [0, 0.05) is 24.1 Å². The van der Waals surface area contributed by atoms with Gasteiger partial charge in [-0.2, -0.15) is 10.2 Å². The van der Waals surface area contributed by atoms with Crippen molar-refractivity contribution in [3.63, 3.8) is 0 Å². The Morgan fingerprint density at radius 1 is 1.19 bits per heavy atom. The van der Waals surface area contributed by atoms with Crippen molar-refractivity contribution in [3.05, 3.63) is 35.3 Å². The van der Waals surface area contributed by atoms with Crippen LogP contribution < -0.4 is 16.2 Å². The first-order valence-corrected chi connectivity index (χ1v) is 26.6. The standard InChI is InChI=1S/C33H49N9O10P2S2Si/c1-19(2)29(43)40-32-39-28-25(30(44)41-32)37-18-42(28)31-27-26(52-57(6,7)33(3,4)5)23(49-31)16-47-53(45,55)50-22-14-21(38-24-9-11-35-17-36-24)13-20(22)15-48-54(56,51-27)46-12-8-10-34/h9,11,17-23,26-27,31H,8,12-16H2,1-7H3,(H,45,55)(H,35,36,38)(H2,39,40,41,43,44)/t20-,21-,22+,23-,26-,27-,31-,53?,54+/m1/s1. The molecule has 0 radical (unpaired) electrons. The highest BCUT2D eigenvalue weighted by Crippen LogP contribution is 2.58. The third kappa shape index (κ3) is 10.4. The molecule has 57 heavy (non-hydrogen) atoms. The summed E-state index contributed by atoms with van der Waals surface area (Å²) in [5.41, 5.74) is -0.570. The molecule has 0 aromatic carbocycles. The van der Waals surface area contributed by atoms with Crippen molar-refractivity contribution in [2.75, 3.05) is 30.5 Å². The molecule has 3 aromatic rings. The molecule has 2 aliphatic heterocycles. The zero-order valence-corrected chi connectivity index (χ0v) is 37.1. The van der Waals surface area contributed by atoms with E-state index in [2.05, 4.69) is 75.5 Å². The van der Waals surface area contributed by atoms with Crippen molar-refractivity contribution in [1.29, 1.82) is 5.26 Å². The Labute approximate surface area is 341 Å². The summed E-state index contributed by atoms with van der Waals surface area (Å²) in [7, 11) is -2.65. The monoisotopic (exact) mass is 885 g/mol. The van der Waals surface area contributed by atoms with Crippen molar-refractivity contribution < 1.29 is 41.5 Å². The quantitative estimate of drug-likeness (QED) is 0.121. The van der Waals surface area contributed by atoms with E-state index in [0.29, 0.717) is 18.7 Å². The summed E-state index contributed by atoms with van der Waals surface area (Å²) >= 11 is 11.7. The van der Waals surface area contributed by atoms with Crippen LogP contribution in [-0.4, -0.2) is 98.9 Å². The van der Waals surface area contributed by atoms with Gasteiger partial charge in [0.05, 0.1) is 44.7 Å². The highest BCUT2D eigenvalue weighted by Gasteiger charge is 2.55. The van der Waals surface area contributed by atoms with E-state index >= 15 is 0 Å². The average molecular weight is 886 g/mol. The summed E-state index contributed by atoms with van der Waals surface area (Å²) in [5, 5.41) is 15.1. The van der Waals surface area contributed by atoms with E-state index in [4.69, 9.17) is 55.4 Å². The van der Waals surface area contributed by atoms with Crippen molar-refractivity contribution in [2.45, 2.75) is 109 Å². The molecule has 1 aliphatic carbocycles. The van der Waals surface area contributed by atoms with Crippen LogP contribution in [0, 0.1) is 23.2 Å². The van der Waals surface area contributed by atoms with Crippen LogP contribution in [0.25, 0.3) is 11.2 Å². The molecule has 1 unspecified atom stereocenters. The molecule has 9 atom stereocenters. The molecule has 24 heteroatoms. The number of imidazole rings is 1. The molecule has 2 bridgehead atoms. The fraction of sp³-hybridized carbons (Fsp3) is 0.667. The first kappa shape index (κ1) is 44.0. The molecule has 19 nitrogen and oxygen atoms in total. The molecule has 3 fully saturated rings. The minimum absolute atomic E-state index is 0.00729. The molecule has 3 aliphatic rings. The SMILES string of the molecule is CC(C)C(=O)Nc1nc2c(ncn2[C@@H]2O[C@@H]3COP(O)(=S)O[C@H]4C[C@H](Nc5ccncn5)C[C@@H]4CO[P@@](=S)(OCCC#N)O[C@@H]2[C@@H]3O[Si](C)(C)C(C)(C)C)c(=O)[nH]1. The zero-order chi connectivity index (χ0) is 41.3. The number of hydrogen-bond acceptors (Lipinski definition) is 17. The van der Waals surface area contributed by atoms with Gasteiger partial charge in [-0.3, -0.25) is 29.0 Å². The third-order valence-corrected chi connectivity index (χ3v) is 18.8. The maximum absolute atomic E-state index is 13.2. The predicted molar refractivity (Wildman–Crippen MR) is 218 cm³/mol. The van der Waals surface area contributed by atoms with Gasteiger partial charge < -0.3 is 37.5 Å². The fourth-order valence-electron chi connectivity index (χ4n) is 6.37. The number of carbonyl (C=O) groups excluding carboxylic acids is 1. The van der Waals surface area contributed by atoms with E-state index in [1.807, 2.05) is 0 Å². The Hall–Kier alpha value is -2.61. The van der Waals surface area contributed by atoms with Crippen LogP contribution in [-0.2, 0) is 60.2 Å². The second-order valence-corrected chi connectivity index (χ2v) is 26.4. The first-order chi connectivity index (χ1) is 26.8. The summed E-state index contributed by atoms with van der Waals surface area (Å²) in [6.45, 7) is 5.68. The predicted octanol–water partition coefficient (Wildman–Crippen LogP) is 4.87. The number of nitrogens with one attached hydrogen (secondary N) is 3. The Morgan fingerprint density at radius 2 is 1.96 bits per heavy atom. The molecule has 3 aromatic heterocycles. The number of aromatic nitrogens is 6. The lowest BCUT2D eigenvalue weighted by Crippen LogP contribution is -2.50. The summed E-state index contributed by atoms with van der Waals surface area (Å²) in [4.78, 5) is 57.1. The van der Waals surface area contributed by atoms with E-state index in [1.165, 1.54) is 17.2 Å². The van der Waals surface area contributed by atoms with Gasteiger partial charge in [-0.25, -0.2) is 15.0 Å². The molecular formula is C33H49N9O10P2S2Si. The van der Waals surface area contributed by atoms with Crippen LogP contribution in [0.3, 0.4) is 0 Å². The fourth-order valence-corrected chi connectivity index (χ4v) is 11.3. The highest BCUT2D eigenvalue weighted by atomic mass is 32.5. The lowest BCUT2D eigenvalue weighted by Gasteiger charge is -2.41. The van der Waals surface area contributed by atoms with E-state index < -0.39 is 63.9 Å². The van der Waals surface area contributed by atoms with Crippen LogP contribution >= 0.6 is 13.4 Å². The van der Waals surface area contributed by atoms with Crippen LogP contribution in [0.4, 0.5) is 11.8 Å². The summed E-state index contributed by atoms with van der Waals surface area (Å²) in [6.07, 6.45) is 0.628. The number of rotatable bonds is 10. The van der Waals surface area contributed by atoms with E-state index in [9.17, 15) is 19.7 Å². The average Bonchev–Trinajstić information content (AvgIpc) is 3.81. The number of nitriles is 1. The summed E-state index contributed by atoms with van der Waals surface area (Å²) in [6, 6.07) is 3.66. The normalized spacial score (nSPS) is 31.2. The van der Waals surface area contributed by atoms with E-state index in [0.717, 1.165) is 0 Å². The van der Waals surface area contributed by atoms with Gasteiger partial charge in [0.25, 0.3) is 5.56 Å². The van der Waals surface area contributed by atoms with Crippen LogP contribution in [0.1, 0.15) is 60.1 Å². The Morgan fingerprint density at radius 3 is 2.65 bits per heavy atom. The topological polar surface area (TPSA) is 239 Å². The molecule has 1 saturated carbocycles. The van der Waals surface area contributed by atoms with E-state index in [-0.39, 0.29) is 66.3 Å². The zero-order valence-electron chi connectivity index (χ0n) is 32.7. The van der Waals surface area contributed by atoms with Crippen molar-refractivity contribution in [3.8, 4) is 6.07 Å². The molecule has 6 rings (SSSR count). The maximum Gasteiger partial charge on any atom is 0.327 e.